The molecule has 0 radical (unpaired) electrons. The topological polar surface area (TPSA) is 51.0 Å². The molecule has 0 spiro atoms. The number of benzene rings is 1. The fourth-order valence-corrected chi connectivity index (χ4v) is 1.89. The SMILES string of the molecule is CCNCc1noc(-c2cc(C)ccc2Br)n1. The van der Waals surface area contributed by atoms with Gasteiger partial charge in [0.25, 0.3) is 5.89 Å². The number of hydrogen-bond acceptors (Lipinski definition) is 4. The summed E-state index contributed by atoms with van der Waals surface area (Å²) >= 11 is 3.49. The molecule has 2 rings (SSSR count). The predicted octanol–water partition coefficient (Wildman–Crippen LogP) is 2.92. The predicted molar refractivity (Wildman–Crippen MR) is 69.6 cm³/mol. The standard InChI is InChI=1S/C12H14BrN3O/c1-3-14-7-11-15-12(17-16-11)9-6-8(2)4-5-10(9)13/h4-6,14H,3,7H2,1-2H3. The molecule has 1 aromatic carbocycles. The Balaban J connectivity index is 2.27. The molecule has 0 bridgehead atoms. The van der Waals surface area contributed by atoms with Gasteiger partial charge in [-0.15, -0.1) is 0 Å². The number of halogens is 1. The number of aryl methyl sites for hydroxylation is 1. The Labute approximate surface area is 109 Å². The van der Waals surface area contributed by atoms with Gasteiger partial charge < -0.3 is 9.84 Å². The second-order valence-corrected chi connectivity index (χ2v) is 4.63. The quantitative estimate of drug-likeness (QED) is 0.942. The summed E-state index contributed by atoms with van der Waals surface area (Å²) in [6.45, 7) is 5.59. The number of hydrogen-bond donors (Lipinski definition) is 1. The third-order valence-corrected chi connectivity index (χ3v) is 3.04. The van der Waals surface area contributed by atoms with E-state index >= 15 is 0 Å². The first-order valence-corrected chi connectivity index (χ1v) is 6.30. The van der Waals surface area contributed by atoms with E-state index < -0.39 is 0 Å². The molecule has 0 amide bonds. The molecule has 1 aromatic heterocycles. The van der Waals surface area contributed by atoms with Crippen molar-refractivity contribution in [3.05, 3.63) is 34.1 Å². The lowest BCUT2D eigenvalue weighted by atomic mass is 10.1. The van der Waals surface area contributed by atoms with E-state index in [9.17, 15) is 0 Å². The molecule has 4 nitrogen and oxygen atoms in total. The summed E-state index contributed by atoms with van der Waals surface area (Å²) in [5, 5.41) is 7.09. The molecule has 2 aromatic rings. The van der Waals surface area contributed by atoms with Crippen molar-refractivity contribution in [2.75, 3.05) is 6.54 Å². The van der Waals surface area contributed by atoms with Crippen LogP contribution in [0.3, 0.4) is 0 Å². The molecule has 0 aliphatic carbocycles. The Hall–Kier alpha value is -1.20. The largest absolute Gasteiger partial charge is 0.334 e. The molecule has 0 aliphatic rings. The molecule has 0 saturated carbocycles. The highest BCUT2D eigenvalue weighted by molar-refractivity contribution is 9.10. The number of rotatable bonds is 4. The van der Waals surface area contributed by atoms with E-state index in [1.165, 1.54) is 0 Å². The zero-order chi connectivity index (χ0) is 12.3. The minimum atomic E-state index is 0.550. The molecule has 0 atom stereocenters. The van der Waals surface area contributed by atoms with Gasteiger partial charge in [0, 0.05) is 4.47 Å². The third kappa shape index (κ3) is 2.92. The van der Waals surface area contributed by atoms with E-state index in [4.69, 9.17) is 4.52 Å². The normalized spacial score (nSPS) is 10.8. The summed E-state index contributed by atoms with van der Waals surface area (Å²) in [4.78, 5) is 4.35. The second-order valence-electron chi connectivity index (χ2n) is 3.78. The first kappa shape index (κ1) is 12.3. The first-order valence-electron chi connectivity index (χ1n) is 5.50. The maximum absolute atomic E-state index is 5.25. The average Bonchev–Trinajstić information content (AvgIpc) is 2.78. The monoisotopic (exact) mass is 295 g/mol. The number of aromatic nitrogens is 2. The maximum Gasteiger partial charge on any atom is 0.259 e. The van der Waals surface area contributed by atoms with Gasteiger partial charge in [0.1, 0.15) is 0 Å². The van der Waals surface area contributed by atoms with Crippen molar-refractivity contribution in [3.8, 4) is 11.5 Å². The Morgan fingerprint density at radius 1 is 1.41 bits per heavy atom. The molecule has 90 valence electrons. The Morgan fingerprint density at radius 2 is 2.24 bits per heavy atom. The molecule has 1 heterocycles. The lowest BCUT2D eigenvalue weighted by molar-refractivity contribution is 0.419. The summed E-state index contributed by atoms with van der Waals surface area (Å²) in [7, 11) is 0. The van der Waals surface area contributed by atoms with Crippen LogP contribution >= 0.6 is 15.9 Å². The van der Waals surface area contributed by atoms with Gasteiger partial charge in [-0.3, -0.25) is 0 Å². The van der Waals surface area contributed by atoms with Gasteiger partial charge in [-0.1, -0.05) is 23.7 Å². The van der Waals surface area contributed by atoms with Crippen LogP contribution in [0.15, 0.2) is 27.2 Å². The second kappa shape index (κ2) is 5.42. The van der Waals surface area contributed by atoms with Crippen LogP contribution in [0.2, 0.25) is 0 Å². The van der Waals surface area contributed by atoms with Crippen LogP contribution in [-0.2, 0) is 6.54 Å². The molecule has 0 aliphatic heterocycles. The molecule has 1 N–H and O–H groups in total. The minimum Gasteiger partial charge on any atom is -0.334 e. The van der Waals surface area contributed by atoms with Crippen molar-refractivity contribution in [2.45, 2.75) is 20.4 Å². The van der Waals surface area contributed by atoms with Crippen molar-refractivity contribution in [3.63, 3.8) is 0 Å². The molecule has 0 fully saturated rings. The molecule has 0 unspecified atom stereocenters. The fraction of sp³-hybridized carbons (Fsp3) is 0.333. The first-order chi connectivity index (χ1) is 8.20. The summed E-state index contributed by atoms with van der Waals surface area (Å²) in [6.07, 6.45) is 0. The fourth-order valence-electron chi connectivity index (χ4n) is 1.47. The lowest BCUT2D eigenvalue weighted by Crippen LogP contribution is -2.12. The highest BCUT2D eigenvalue weighted by Gasteiger charge is 2.11. The van der Waals surface area contributed by atoms with E-state index in [2.05, 4.69) is 31.4 Å². The van der Waals surface area contributed by atoms with Crippen molar-refractivity contribution in [2.24, 2.45) is 0 Å². The van der Waals surface area contributed by atoms with E-state index in [0.717, 1.165) is 22.1 Å². The van der Waals surface area contributed by atoms with Crippen molar-refractivity contribution >= 4 is 15.9 Å². The zero-order valence-electron chi connectivity index (χ0n) is 9.83. The summed E-state index contributed by atoms with van der Waals surface area (Å²) in [5.41, 5.74) is 2.09. The van der Waals surface area contributed by atoms with Gasteiger partial charge in [0.2, 0.25) is 0 Å². The molecule has 0 saturated heterocycles. The van der Waals surface area contributed by atoms with Crippen molar-refractivity contribution in [1.29, 1.82) is 0 Å². The van der Waals surface area contributed by atoms with Crippen LogP contribution in [0.5, 0.6) is 0 Å². The van der Waals surface area contributed by atoms with E-state index in [1.54, 1.807) is 0 Å². The van der Waals surface area contributed by atoms with Gasteiger partial charge in [0.15, 0.2) is 5.82 Å². The highest BCUT2D eigenvalue weighted by atomic mass is 79.9. The smallest absolute Gasteiger partial charge is 0.259 e. The summed E-state index contributed by atoms with van der Waals surface area (Å²) < 4.78 is 6.21. The number of nitrogens with one attached hydrogen (secondary N) is 1. The van der Waals surface area contributed by atoms with Crippen molar-refractivity contribution in [1.82, 2.24) is 15.5 Å². The third-order valence-electron chi connectivity index (χ3n) is 2.35. The summed E-state index contributed by atoms with van der Waals surface area (Å²) in [5.74, 6) is 1.23. The van der Waals surface area contributed by atoms with Crippen LogP contribution < -0.4 is 5.32 Å². The zero-order valence-corrected chi connectivity index (χ0v) is 11.4. The molecule has 17 heavy (non-hydrogen) atoms. The highest BCUT2D eigenvalue weighted by Crippen LogP contribution is 2.27. The van der Waals surface area contributed by atoms with E-state index in [1.807, 2.05) is 32.0 Å². The Bertz CT molecular complexity index is 510. The van der Waals surface area contributed by atoms with Gasteiger partial charge in [-0.2, -0.15) is 4.98 Å². The molecular weight excluding hydrogens is 282 g/mol. The van der Waals surface area contributed by atoms with Crippen LogP contribution in [0.25, 0.3) is 11.5 Å². The Morgan fingerprint density at radius 3 is 3.00 bits per heavy atom. The van der Waals surface area contributed by atoms with Gasteiger partial charge in [-0.05, 0) is 41.5 Å². The van der Waals surface area contributed by atoms with E-state index in [-0.39, 0.29) is 0 Å². The van der Waals surface area contributed by atoms with Crippen LogP contribution in [-0.4, -0.2) is 16.7 Å². The summed E-state index contributed by atoms with van der Waals surface area (Å²) in [6, 6.07) is 6.04. The van der Waals surface area contributed by atoms with Gasteiger partial charge in [-0.25, -0.2) is 0 Å². The minimum absolute atomic E-state index is 0.550. The van der Waals surface area contributed by atoms with Crippen molar-refractivity contribution < 1.29 is 4.52 Å². The van der Waals surface area contributed by atoms with Crippen LogP contribution in [0.4, 0.5) is 0 Å². The van der Waals surface area contributed by atoms with Gasteiger partial charge in [0.05, 0.1) is 12.1 Å². The molecular formula is C12H14BrN3O. The van der Waals surface area contributed by atoms with Crippen LogP contribution in [0.1, 0.15) is 18.3 Å². The molecule has 5 heteroatoms. The average molecular weight is 296 g/mol. The van der Waals surface area contributed by atoms with Gasteiger partial charge >= 0.3 is 0 Å². The Kier molecular flexibility index (Phi) is 3.91. The lowest BCUT2D eigenvalue weighted by Gasteiger charge is -1.99. The van der Waals surface area contributed by atoms with E-state index in [0.29, 0.717) is 18.3 Å². The van der Waals surface area contributed by atoms with Crippen LogP contribution in [0, 0.1) is 6.92 Å². The number of nitrogens with zero attached hydrogens (tertiary/aromatic N) is 2. The maximum atomic E-state index is 5.25.